The van der Waals surface area contributed by atoms with Gasteiger partial charge in [-0.2, -0.15) is 0 Å². The number of hydrogen-bond acceptors (Lipinski definition) is 4. The molecule has 2 rings (SSSR count). The summed E-state index contributed by atoms with van der Waals surface area (Å²) in [6.45, 7) is 0.590. The summed E-state index contributed by atoms with van der Waals surface area (Å²) in [6, 6.07) is 1.61. The normalized spacial score (nSPS) is 20.4. The van der Waals surface area contributed by atoms with Crippen molar-refractivity contribution in [2.24, 2.45) is 0 Å². The maximum atomic E-state index is 11.6. The Balaban J connectivity index is 1.95. The van der Waals surface area contributed by atoms with Crippen LogP contribution in [0.3, 0.4) is 0 Å². The summed E-state index contributed by atoms with van der Waals surface area (Å²) in [5.41, 5.74) is 0. The fourth-order valence-corrected chi connectivity index (χ4v) is 3.75. The van der Waals surface area contributed by atoms with Gasteiger partial charge in [0, 0.05) is 22.9 Å². The first kappa shape index (κ1) is 13.2. The fraction of sp³-hybridized carbons (Fsp3) is 0.400. The minimum Gasteiger partial charge on any atom is -0.300 e. The summed E-state index contributed by atoms with van der Waals surface area (Å²) in [5, 5.41) is 3.11. The SMILES string of the molecule is CN1C(=O)CC(NCc2cc(Br)c(Br)s2)C1=O. The van der Waals surface area contributed by atoms with E-state index in [0.717, 1.165) is 13.1 Å². The molecule has 7 heteroatoms. The average molecular weight is 382 g/mol. The Morgan fingerprint density at radius 2 is 2.24 bits per heavy atom. The zero-order chi connectivity index (χ0) is 12.6. The molecule has 0 aliphatic carbocycles. The molecule has 1 aromatic heterocycles. The molecule has 1 aliphatic heterocycles. The summed E-state index contributed by atoms with van der Waals surface area (Å²) < 4.78 is 2.03. The lowest BCUT2D eigenvalue weighted by Crippen LogP contribution is -2.36. The average Bonchev–Trinajstić information content (AvgIpc) is 2.72. The quantitative estimate of drug-likeness (QED) is 0.816. The molecule has 1 N–H and O–H groups in total. The Hall–Kier alpha value is -0.240. The molecule has 1 fully saturated rings. The second-order valence-electron chi connectivity index (χ2n) is 3.76. The van der Waals surface area contributed by atoms with Crippen LogP contribution in [-0.4, -0.2) is 29.8 Å². The van der Waals surface area contributed by atoms with Crippen LogP contribution in [0.5, 0.6) is 0 Å². The number of nitrogens with one attached hydrogen (secondary N) is 1. The van der Waals surface area contributed by atoms with Gasteiger partial charge in [0.2, 0.25) is 11.8 Å². The number of carbonyl (C=O) groups is 2. The van der Waals surface area contributed by atoms with Crippen molar-refractivity contribution in [2.45, 2.75) is 19.0 Å². The van der Waals surface area contributed by atoms with Gasteiger partial charge in [-0.1, -0.05) is 0 Å². The summed E-state index contributed by atoms with van der Waals surface area (Å²) >= 11 is 8.42. The molecule has 1 aromatic rings. The summed E-state index contributed by atoms with van der Waals surface area (Å²) in [4.78, 5) is 25.2. The standard InChI is InChI=1S/C10H10Br2N2O2S/c1-14-8(15)3-7(10(14)16)13-4-5-2-6(11)9(12)17-5/h2,7,13H,3-4H2,1H3. The zero-order valence-corrected chi connectivity index (χ0v) is 13.0. The number of thiophene rings is 1. The third kappa shape index (κ3) is 2.78. The van der Waals surface area contributed by atoms with Crippen molar-refractivity contribution in [3.8, 4) is 0 Å². The van der Waals surface area contributed by atoms with E-state index in [1.165, 1.54) is 11.9 Å². The van der Waals surface area contributed by atoms with Gasteiger partial charge >= 0.3 is 0 Å². The van der Waals surface area contributed by atoms with E-state index in [-0.39, 0.29) is 24.3 Å². The third-order valence-electron chi connectivity index (χ3n) is 2.60. The number of rotatable bonds is 3. The lowest BCUT2D eigenvalue weighted by molar-refractivity contribution is -0.137. The van der Waals surface area contributed by atoms with Crippen LogP contribution in [0, 0.1) is 0 Å². The van der Waals surface area contributed by atoms with E-state index in [1.54, 1.807) is 11.3 Å². The van der Waals surface area contributed by atoms with Gasteiger partial charge in [0.25, 0.3) is 0 Å². The molecule has 92 valence electrons. The monoisotopic (exact) mass is 380 g/mol. The maximum absolute atomic E-state index is 11.6. The molecule has 2 amide bonds. The lowest BCUT2D eigenvalue weighted by Gasteiger charge is -2.09. The number of carbonyl (C=O) groups excluding carboxylic acids is 2. The largest absolute Gasteiger partial charge is 0.300 e. The number of likely N-dealkylation sites (N-methyl/N-ethyl adjacent to an activating group) is 1. The highest BCUT2D eigenvalue weighted by Crippen LogP contribution is 2.32. The molecule has 4 nitrogen and oxygen atoms in total. The van der Waals surface area contributed by atoms with Crippen LogP contribution in [0.4, 0.5) is 0 Å². The molecule has 17 heavy (non-hydrogen) atoms. The van der Waals surface area contributed by atoms with Gasteiger partial charge in [-0.05, 0) is 37.9 Å². The number of halogens is 2. The van der Waals surface area contributed by atoms with Crippen LogP contribution >= 0.6 is 43.2 Å². The molecule has 2 heterocycles. The molecule has 0 radical (unpaired) electrons. The first-order valence-corrected chi connectivity index (χ1v) is 7.36. The number of likely N-dealkylation sites (tertiary alicyclic amines) is 1. The van der Waals surface area contributed by atoms with Crippen molar-refractivity contribution < 1.29 is 9.59 Å². The molecule has 1 atom stereocenters. The highest BCUT2D eigenvalue weighted by Gasteiger charge is 2.35. The number of nitrogens with zero attached hydrogens (tertiary/aromatic N) is 1. The van der Waals surface area contributed by atoms with Crippen molar-refractivity contribution in [3.05, 3.63) is 19.2 Å². The Morgan fingerprint density at radius 3 is 2.71 bits per heavy atom. The molecule has 0 bridgehead atoms. The van der Waals surface area contributed by atoms with Crippen LogP contribution < -0.4 is 5.32 Å². The van der Waals surface area contributed by atoms with Crippen molar-refractivity contribution in [3.63, 3.8) is 0 Å². The fourth-order valence-electron chi connectivity index (χ4n) is 1.62. The Kier molecular flexibility index (Phi) is 4.02. The number of imide groups is 1. The third-order valence-corrected chi connectivity index (χ3v) is 5.86. The minimum atomic E-state index is -0.382. The lowest BCUT2D eigenvalue weighted by atomic mass is 10.2. The summed E-state index contributed by atoms with van der Waals surface area (Å²) in [6.07, 6.45) is 0.253. The maximum Gasteiger partial charge on any atom is 0.246 e. The predicted octanol–water partition coefficient (Wildman–Crippen LogP) is 2.12. The van der Waals surface area contributed by atoms with Gasteiger partial charge < -0.3 is 5.32 Å². The van der Waals surface area contributed by atoms with Crippen LogP contribution in [0.25, 0.3) is 0 Å². The van der Waals surface area contributed by atoms with Gasteiger partial charge in [0.15, 0.2) is 0 Å². The van der Waals surface area contributed by atoms with Crippen LogP contribution in [-0.2, 0) is 16.1 Å². The highest BCUT2D eigenvalue weighted by molar-refractivity contribution is 9.13. The van der Waals surface area contributed by atoms with E-state index < -0.39 is 0 Å². The molecule has 0 aromatic carbocycles. The van der Waals surface area contributed by atoms with Gasteiger partial charge in [0.05, 0.1) is 16.2 Å². The Morgan fingerprint density at radius 1 is 1.53 bits per heavy atom. The second-order valence-corrected chi connectivity index (χ2v) is 7.07. The Labute approximate surface area is 120 Å². The topological polar surface area (TPSA) is 49.4 Å². The molecule has 1 saturated heterocycles. The van der Waals surface area contributed by atoms with Crippen molar-refractivity contribution in [1.82, 2.24) is 10.2 Å². The van der Waals surface area contributed by atoms with E-state index in [0.29, 0.717) is 6.54 Å². The molecule has 1 unspecified atom stereocenters. The smallest absolute Gasteiger partial charge is 0.246 e. The predicted molar refractivity (Wildman–Crippen MR) is 72.7 cm³/mol. The number of hydrogen-bond donors (Lipinski definition) is 1. The number of amides is 2. The summed E-state index contributed by atoms with van der Waals surface area (Å²) in [5.74, 6) is -0.272. The van der Waals surface area contributed by atoms with Crippen LogP contribution in [0.15, 0.2) is 14.3 Å². The zero-order valence-electron chi connectivity index (χ0n) is 9.00. The first-order valence-electron chi connectivity index (χ1n) is 4.96. The van der Waals surface area contributed by atoms with Crippen molar-refractivity contribution in [1.29, 1.82) is 0 Å². The van der Waals surface area contributed by atoms with Crippen LogP contribution in [0.1, 0.15) is 11.3 Å². The summed E-state index contributed by atoms with van der Waals surface area (Å²) in [7, 11) is 1.52. The van der Waals surface area contributed by atoms with Crippen molar-refractivity contribution in [2.75, 3.05) is 7.05 Å². The highest BCUT2D eigenvalue weighted by atomic mass is 79.9. The minimum absolute atomic E-state index is 0.124. The molecular weight excluding hydrogens is 372 g/mol. The van der Waals surface area contributed by atoms with Gasteiger partial charge in [-0.25, -0.2) is 0 Å². The van der Waals surface area contributed by atoms with E-state index in [1.807, 2.05) is 6.07 Å². The van der Waals surface area contributed by atoms with Gasteiger partial charge in [0.1, 0.15) is 0 Å². The van der Waals surface area contributed by atoms with Crippen LogP contribution in [0.2, 0.25) is 0 Å². The van der Waals surface area contributed by atoms with E-state index >= 15 is 0 Å². The van der Waals surface area contributed by atoms with E-state index in [4.69, 9.17) is 0 Å². The van der Waals surface area contributed by atoms with Gasteiger partial charge in [-0.15, -0.1) is 11.3 Å². The van der Waals surface area contributed by atoms with E-state index in [2.05, 4.69) is 37.2 Å². The Bertz CT molecular complexity index is 455. The van der Waals surface area contributed by atoms with E-state index in [9.17, 15) is 9.59 Å². The molecule has 1 aliphatic rings. The van der Waals surface area contributed by atoms with Crippen molar-refractivity contribution >= 4 is 55.0 Å². The molecule has 0 spiro atoms. The molecule has 0 saturated carbocycles. The molecular formula is C10H10Br2N2O2S. The van der Waals surface area contributed by atoms with Gasteiger partial charge in [-0.3, -0.25) is 14.5 Å². The second kappa shape index (κ2) is 5.17. The first-order chi connectivity index (χ1) is 7.99.